The molecule has 0 heterocycles. The summed E-state index contributed by atoms with van der Waals surface area (Å²) in [7, 11) is -3.78. The molecular weight excluding hydrogens is 498 g/mol. The van der Waals surface area contributed by atoms with Crippen molar-refractivity contribution in [2.45, 2.75) is 25.9 Å². The fourth-order valence-corrected chi connectivity index (χ4v) is 4.95. The zero-order valence-electron chi connectivity index (χ0n) is 20.3. The molecule has 190 valence electrons. The van der Waals surface area contributed by atoms with Gasteiger partial charge in [-0.05, 0) is 42.3 Å². The first-order valence-electron chi connectivity index (χ1n) is 11.6. The van der Waals surface area contributed by atoms with Crippen LogP contribution in [0.15, 0.2) is 84.9 Å². The van der Waals surface area contributed by atoms with Crippen LogP contribution in [0, 0.1) is 0 Å². The van der Waals surface area contributed by atoms with Gasteiger partial charge in [0.15, 0.2) is 0 Å². The molecule has 1 N–H and O–H groups in total. The van der Waals surface area contributed by atoms with Crippen molar-refractivity contribution in [3.05, 3.63) is 101 Å². The normalized spacial score (nSPS) is 12.0. The molecule has 9 heteroatoms. The lowest BCUT2D eigenvalue weighted by molar-refractivity contribution is -0.140. The molecule has 0 saturated carbocycles. The molecule has 2 amide bonds. The Balaban J connectivity index is 2.02. The Labute approximate surface area is 217 Å². The van der Waals surface area contributed by atoms with E-state index in [1.807, 2.05) is 36.4 Å². The Morgan fingerprint density at radius 1 is 0.917 bits per heavy atom. The number of hydrogen-bond acceptors (Lipinski definition) is 4. The molecule has 7 nitrogen and oxygen atoms in total. The van der Waals surface area contributed by atoms with Gasteiger partial charge in [-0.15, -0.1) is 0 Å². The Morgan fingerprint density at radius 2 is 1.53 bits per heavy atom. The van der Waals surface area contributed by atoms with E-state index in [0.29, 0.717) is 17.3 Å². The molecule has 3 aromatic rings. The van der Waals surface area contributed by atoms with Crippen molar-refractivity contribution < 1.29 is 18.0 Å². The maximum Gasteiger partial charge on any atom is 0.244 e. The Hall–Kier alpha value is -3.36. The molecule has 0 saturated heterocycles. The number of carbonyl (C=O) groups is 2. The quantitative estimate of drug-likeness (QED) is 0.410. The van der Waals surface area contributed by atoms with E-state index >= 15 is 0 Å². The summed E-state index contributed by atoms with van der Waals surface area (Å²) in [6.45, 7) is 1.83. The zero-order chi connectivity index (χ0) is 26.1. The molecule has 0 spiro atoms. The average molecular weight is 528 g/mol. The first-order valence-corrected chi connectivity index (χ1v) is 13.8. The first-order chi connectivity index (χ1) is 17.2. The number of carbonyl (C=O) groups excluding carboxylic acids is 2. The molecule has 36 heavy (non-hydrogen) atoms. The lowest BCUT2D eigenvalue weighted by Crippen LogP contribution is -2.53. The van der Waals surface area contributed by atoms with Gasteiger partial charge in [0.05, 0.1) is 11.9 Å². The van der Waals surface area contributed by atoms with Crippen molar-refractivity contribution >= 4 is 39.1 Å². The van der Waals surface area contributed by atoms with Gasteiger partial charge in [0, 0.05) is 24.5 Å². The summed E-state index contributed by atoms with van der Waals surface area (Å²) in [5.41, 5.74) is 1.97. The highest BCUT2D eigenvalue weighted by atomic mass is 35.5. The summed E-state index contributed by atoms with van der Waals surface area (Å²) in [6, 6.07) is 24.0. The second kappa shape index (κ2) is 12.6. The lowest BCUT2D eigenvalue weighted by atomic mass is 10.0. The van der Waals surface area contributed by atoms with Crippen LogP contribution < -0.4 is 9.62 Å². The lowest BCUT2D eigenvalue weighted by Gasteiger charge is -2.33. The SMILES string of the molecule is CCNC(=O)[C@H](Cc1ccccc1)N(Cc1cccc(Cl)c1)C(=O)CN(c1ccccc1)S(C)(=O)=O. The second-order valence-electron chi connectivity index (χ2n) is 8.36. The zero-order valence-corrected chi connectivity index (χ0v) is 21.9. The fourth-order valence-electron chi connectivity index (χ4n) is 3.89. The number of nitrogens with zero attached hydrogens (tertiary/aromatic N) is 2. The first kappa shape index (κ1) is 27.2. The number of likely N-dealkylation sites (N-methyl/N-ethyl adjacent to an activating group) is 1. The maximum atomic E-state index is 13.8. The van der Waals surface area contributed by atoms with Gasteiger partial charge in [-0.1, -0.05) is 72.3 Å². The third-order valence-electron chi connectivity index (χ3n) is 5.59. The van der Waals surface area contributed by atoms with Gasteiger partial charge in [-0.2, -0.15) is 0 Å². The predicted molar refractivity (Wildman–Crippen MR) is 143 cm³/mol. The number of para-hydroxylation sites is 1. The Kier molecular flexibility index (Phi) is 9.50. The Morgan fingerprint density at radius 3 is 2.11 bits per heavy atom. The van der Waals surface area contributed by atoms with Gasteiger partial charge in [0.2, 0.25) is 21.8 Å². The van der Waals surface area contributed by atoms with Crippen molar-refractivity contribution in [3.8, 4) is 0 Å². The van der Waals surface area contributed by atoms with Gasteiger partial charge in [-0.3, -0.25) is 13.9 Å². The van der Waals surface area contributed by atoms with Crippen LogP contribution >= 0.6 is 11.6 Å². The summed E-state index contributed by atoms with van der Waals surface area (Å²) in [5.74, 6) is -0.821. The van der Waals surface area contributed by atoms with Gasteiger partial charge in [0.1, 0.15) is 12.6 Å². The average Bonchev–Trinajstić information content (AvgIpc) is 2.85. The number of amides is 2. The number of sulfonamides is 1. The van der Waals surface area contributed by atoms with Crippen LogP contribution in [0.3, 0.4) is 0 Å². The van der Waals surface area contributed by atoms with E-state index in [-0.39, 0.29) is 18.9 Å². The van der Waals surface area contributed by atoms with E-state index in [4.69, 9.17) is 11.6 Å². The number of hydrogen-bond donors (Lipinski definition) is 1. The monoisotopic (exact) mass is 527 g/mol. The smallest absolute Gasteiger partial charge is 0.244 e. The van der Waals surface area contributed by atoms with Crippen molar-refractivity contribution in [2.24, 2.45) is 0 Å². The minimum Gasteiger partial charge on any atom is -0.355 e. The Bertz CT molecular complexity index is 1270. The van der Waals surface area contributed by atoms with Crippen LogP contribution in [0.2, 0.25) is 5.02 Å². The number of benzene rings is 3. The minimum absolute atomic E-state index is 0.0837. The highest BCUT2D eigenvalue weighted by molar-refractivity contribution is 7.92. The number of halogens is 1. The number of anilines is 1. The van der Waals surface area contributed by atoms with Crippen LogP contribution in [0.25, 0.3) is 0 Å². The third-order valence-corrected chi connectivity index (χ3v) is 6.96. The van der Waals surface area contributed by atoms with Crippen LogP contribution in [-0.2, 0) is 32.6 Å². The summed E-state index contributed by atoms with van der Waals surface area (Å²) in [4.78, 5) is 28.5. The van der Waals surface area contributed by atoms with Crippen LogP contribution in [-0.4, -0.2) is 50.5 Å². The molecule has 1 atom stereocenters. The second-order valence-corrected chi connectivity index (χ2v) is 10.7. The number of nitrogens with one attached hydrogen (secondary N) is 1. The van der Waals surface area contributed by atoms with Gasteiger partial charge < -0.3 is 10.2 Å². The highest BCUT2D eigenvalue weighted by Gasteiger charge is 2.32. The van der Waals surface area contributed by atoms with Gasteiger partial charge in [0.25, 0.3) is 0 Å². The molecule has 0 radical (unpaired) electrons. The van der Waals surface area contributed by atoms with Crippen LogP contribution in [0.1, 0.15) is 18.1 Å². The molecular formula is C27H30ClN3O4S. The number of rotatable bonds is 11. The van der Waals surface area contributed by atoms with E-state index in [9.17, 15) is 18.0 Å². The molecule has 0 aliphatic carbocycles. The standard InChI is InChI=1S/C27H30ClN3O4S/c1-3-29-27(33)25(18-21-11-6-4-7-12-21)30(19-22-13-10-14-23(28)17-22)26(32)20-31(36(2,34)35)24-15-8-5-9-16-24/h4-17,25H,3,18-20H2,1-2H3,(H,29,33)/t25-/m0/s1. The molecule has 0 aromatic heterocycles. The summed E-state index contributed by atoms with van der Waals surface area (Å²) >= 11 is 6.18. The van der Waals surface area contributed by atoms with Crippen molar-refractivity contribution in [1.82, 2.24) is 10.2 Å². The van der Waals surface area contributed by atoms with Crippen molar-refractivity contribution in [3.63, 3.8) is 0 Å². The molecule has 0 fully saturated rings. The van der Waals surface area contributed by atoms with Gasteiger partial charge in [-0.25, -0.2) is 8.42 Å². The van der Waals surface area contributed by atoms with Crippen LogP contribution in [0.4, 0.5) is 5.69 Å². The summed E-state index contributed by atoms with van der Waals surface area (Å²) < 4.78 is 26.4. The van der Waals surface area contributed by atoms with Crippen LogP contribution in [0.5, 0.6) is 0 Å². The van der Waals surface area contributed by atoms with Gasteiger partial charge >= 0.3 is 0 Å². The minimum atomic E-state index is -3.78. The van der Waals surface area contributed by atoms with E-state index < -0.39 is 28.5 Å². The van der Waals surface area contributed by atoms with Crippen molar-refractivity contribution in [1.29, 1.82) is 0 Å². The fraction of sp³-hybridized carbons (Fsp3) is 0.259. The third kappa shape index (κ3) is 7.57. The summed E-state index contributed by atoms with van der Waals surface area (Å²) in [5, 5.41) is 3.32. The molecule has 0 aliphatic rings. The molecule has 0 aliphatic heterocycles. The predicted octanol–water partition coefficient (Wildman–Crippen LogP) is 3.88. The largest absolute Gasteiger partial charge is 0.355 e. The highest BCUT2D eigenvalue weighted by Crippen LogP contribution is 2.21. The van der Waals surface area contributed by atoms with E-state index in [1.165, 1.54) is 4.90 Å². The molecule has 0 bridgehead atoms. The van der Waals surface area contributed by atoms with Crippen molar-refractivity contribution in [2.75, 3.05) is 23.7 Å². The molecule has 3 rings (SSSR count). The van der Waals surface area contributed by atoms with E-state index in [0.717, 1.165) is 21.7 Å². The molecule has 3 aromatic carbocycles. The maximum absolute atomic E-state index is 13.8. The van der Waals surface area contributed by atoms with E-state index in [1.54, 1.807) is 55.5 Å². The molecule has 0 unspecified atom stereocenters. The summed E-state index contributed by atoms with van der Waals surface area (Å²) in [6.07, 6.45) is 1.32. The van der Waals surface area contributed by atoms with E-state index in [2.05, 4.69) is 5.32 Å². The topological polar surface area (TPSA) is 86.8 Å².